The average molecular weight is 374 g/mol. The predicted molar refractivity (Wildman–Crippen MR) is 96.8 cm³/mol. The highest BCUT2D eigenvalue weighted by atomic mass is 35.5. The topological polar surface area (TPSA) is 101 Å². The molecule has 0 spiro atoms. The number of rotatable bonds is 7. The number of hydrogen-bond donors (Lipinski definition) is 3. The maximum absolute atomic E-state index is 12.4. The molecular weight excluding hydrogens is 350 g/mol. The lowest BCUT2D eigenvalue weighted by molar-refractivity contribution is 0.0903. The van der Waals surface area contributed by atoms with Crippen molar-refractivity contribution in [3.8, 4) is 0 Å². The maximum atomic E-state index is 12.4. The van der Waals surface area contributed by atoms with E-state index in [0.717, 1.165) is 25.7 Å². The summed E-state index contributed by atoms with van der Waals surface area (Å²) >= 11 is 0. The van der Waals surface area contributed by atoms with Crippen LogP contribution in [-0.2, 0) is 10.0 Å². The van der Waals surface area contributed by atoms with Gasteiger partial charge in [0.2, 0.25) is 10.0 Å². The van der Waals surface area contributed by atoms with Gasteiger partial charge in [-0.05, 0) is 37.1 Å². The van der Waals surface area contributed by atoms with Crippen LogP contribution in [0.3, 0.4) is 0 Å². The fourth-order valence-electron chi connectivity index (χ4n) is 2.78. The Balaban J connectivity index is 0.00000288. The van der Waals surface area contributed by atoms with Crippen LogP contribution in [0.2, 0.25) is 0 Å². The number of amides is 1. The molecule has 0 bridgehead atoms. The molecule has 8 heteroatoms. The summed E-state index contributed by atoms with van der Waals surface area (Å²) in [6, 6.07) is 5.86. The van der Waals surface area contributed by atoms with E-state index in [1.807, 2.05) is 0 Å². The van der Waals surface area contributed by atoms with E-state index in [1.54, 1.807) is 0 Å². The summed E-state index contributed by atoms with van der Waals surface area (Å²) in [5, 5.41) is 3.01. The molecule has 24 heavy (non-hydrogen) atoms. The molecule has 1 saturated carbocycles. The van der Waals surface area contributed by atoms with Gasteiger partial charge >= 0.3 is 0 Å². The van der Waals surface area contributed by atoms with Crippen molar-refractivity contribution in [2.75, 3.05) is 13.1 Å². The van der Waals surface area contributed by atoms with Crippen LogP contribution < -0.4 is 15.8 Å². The molecule has 0 aliphatic heterocycles. The average Bonchev–Trinajstić information content (AvgIpc) is 3.02. The van der Waals surface area contributed by atoms with Gasteiger partial charge in [-0.3, -0.25) is 4.79 Å². The summed E-state index contributed by atoms with van der Waals surface area (Å²) in [7, 11) is -3.58. The first-order valence-electron chi connectivity index (χ1n) is 7.66. The molecule has 6 nitrogen and oxygen atoms in total. The minimum Gasteiger partial charge on any atom is -0.345 e. The summed E-state index contributed by atoms with van der Waals surface area (Å²) in [4.78, 5) is 12.5. The molecule has 0 unspecified atom stereocenters. The summed E-state index contributed by atoms with van der Waals surface area (Å²) in [5.74, 6) is -0.222. The molecule has 0 saturated heterocycles. The van der Waals surface area contributed by atoms with Crippen molar-refractivity contribution in [1.29, 1.82) is 0 Å². The SMILES string of the molecule is C=CCNS(=O)(=O)c1ccc(C(=O)NC2(CN)CCCC2)cc1.Cl. The van der Waals surface area contributed by atoms with Gasteiger partial charge in [0.15, 0.2) is 0 Å². The molecule has 0 atom stereocenters. The summed E-state index contributed by atoms with van der Waals surface area (Å²) in [6.07, 6.45) is 5.35. The zero-order chi connectivity index (χ0) is 16.9. The van der Waals surface area contributed by atoms with E-state index >= 15 is 0 Å². The van der Waals surface area contributed by atoms with E-state index in [2.05, 4.69) is 16.6 Å². The van der Waals surface area contributed by atoms with E-state index in [0.29, 0.717) is 12.1 Å². The molecule has 1 aliphatic rings. The number of nitrogens with two attached hydrogens (primary N) is 1. The van der Waals surface area contributed by atoms with Gasteiger partial charge in [0.1, 0.15) is 0 Å². The Bertz CT molecular complexity index is 668. The van der Waals surface area contributed by atoms with E-state index in [1.165, 1.54) is 30.3 Å². The fourth-order valence-corrected chi connectivity index (χ4v) is 3.78. The molecule has 1 fully saturated rings. The van der Waals surface area contributed by atoms with Crippen LogP contribution in [-0.4, -0.2) is 33.0 Å². The Labute approximate surface area is 149 Å². The molecule has 2 rings (SSSR count). The van der Waals surface area contributed by atoms with Crippen LogP contribution in [0, 0.1) is 0 Å². The Hall–Kier alpha value is -1.41. The first kappa shape index (κ1) is 20.6. The second kappa shape index (κ2) is 8.62. The summed E-state index contributed by atoms with van der Waals surface area (Å²) in [5.41, 5.74) is 5.91. The Morgan fingerprint density at radius 3 is 2.33 bits per heavy atom. The first-order valence-corrected chi connectivity index (χ1v) is 9.14. The molecule has 134 valence electrons. The van der Waals surface area contributed by atoms with E-state index < -0.39 is 10.0 Å². The monoisotopic (exact) mass is 373 g/mol. The summed E-state index contributed by atoms with van der Waals surface area (Å²) in [6.45, 7) is 4.04. The second-order valence-corrected chi connectivity index (χ2v) is 7.58. The third-order valence-corrected chi connectivity index (χ3v) is 5.61. The number of halogens is 1. The predicted octanol–water partition coefficient (Wildman–Crippen LogP) is 1.57. The highest BCUT2D eigenvalue weighted by Gasteiger charge is 2.34. The zero-order valence-corrected chi connectivity index (χ0v) is 15.1. The molecule has 1 amide bonds. The first-order chi connectivity index (χ1) is 10.9. The van der Waals surface area contributed by atoms with Crippen LogP contribution in [0.25, 0.3) is 0 Å². The lowest BCUT2D eigenvalue weighted by Crippen LogP contribution is -2.51. The highest BCUT2D eigenvalue weighted by Crippen LogP contribution is 2.29. The van der Waals surface area contributed by atoms with Gasteiger partial charge in [-0.2, -0.15) is 0 Å². The quantitative estimate of drug-likeness (QED) is 0.631. The van der Waals surface area contributed by atoms with Gasteiger partial charge in [0, 0.05) is 18.7 Å². The van der Waals surface area contributed by atoms with E-state index in [4.69, 9.17) is 5.73 Å². The van der Waals surface area contributed by atoms with Gasteiger partial charge < -0.3 is 11.1 Å². The molecule has 1 aromatic rings. The van der Waals surface area contributed by atoms with E-state index in [-0.39, 0.29) is 35.3 Å². The minimum atomic E-state index is -3.58. The smallest absolute Gasteiger partial charge is 0.251 e. The van der Waals surface area contributed by atoms with Gasteiger partial charge in [-0.15, -0.1) is 19.0 Å². The fraction of sp³-hybridized carbons (Fsp3) is 0.438. The largest absolute Gasteiger partial charge is 0.345 e. The summed E-state index contributed by atoms with van der Waals surface area (Å²) < 4.78 is 26.3. The molecule has 1 aromatic carbocycles. The van der Waals surface area contributed by atoms with Crippen molar-refractivity contribution < 1.29 is 13.2 Å². The van der Waals surface area contributed by atoms with Gasteiger partial charge in [-0.1, -0.05) is 18.9 Å². The van der Waals surface area contributed by atoms with Crippen LogP contribution >= 0.6 is 12.4 Å². The molecule has 0 heterocycles. The second-order valence-electron chi connectivity index (χ2n) is 5.81. The highest BCUT2D eigenvalue weighted by molar-refractivity contribution is 7.89. The van der Waals surface area contributed by atoms with Crippen LogP contribution in [0.1, 0.15) is 36.0 Å². The van der Waals surface area contributed by atoms with Crippen molar-refractivity contribution in [3.05, 3.63) is 42.5 Å². The van der Waals surface area contributed by atoms with Gasteiger partial charge in [0.25, 0.3) is 5.91 Å². The number of nitrogens with one attached hydrogen (secondary N) is 2. The number of sulfonamides is 1. The number of carbonyl (C=O) groups excluding carboxylic acids is 1. The van der Waals surface area contributed by atoms with Gasteiger partial charge in [0.05, 0.1) is 10.4 Å². The Morgan fingerprint density at radius 1 is 1.25 bits per heavy atom. The van der Waals surface area contributed by atoms with Crippen LogP contribution in [0.4, 0.5) is 0 Å². The lowest BCUT2D eigenvalue weighted by atomic mass is 9.97. The third kappa shape index (κ3) is 4.80. The lowest BCUT2D eigenvalue weighted by Gasteiger charge is -2.28. The Morgan fingerprint density at radius 2 is 1.83 bits per heavy atom. The minimum absolute atomic E-state index is 0. The van der Waals surface area contributed by atoms with Crippen molar-refractivity contribution in [1.82, 2.24) is 10.0 Å². The molecular formula is C16H24ClN3O3S. The molecule has 1 aliphatic carbocycles. The third-order valence-electron chi connectivity index (χ3n) is 4.17. The van der Waals surface area contributed by atoms with Crippen molar-refractivity contribution >= 4 is 28.3 Å². The molecule has 0 radical (unpaired) electrons. The number of hydrogen-bond acceptors (Lipinski definition) is 4. The number of carbonyl (C=O) groups is 1. The van der Waals surface area contributed by atoms with Gasteiger partial charge in [-0.25, -0.2) is 13.1 Å². The molecule has 4 N–H and O–H groups in total. The van der Waals surface area contributed by atoms with Crippen LogP contribution in [0.5, 0.6) is 0 Å². The van der Waals surface area contributed by atoms with Crippen molar-refractivity contribution in [2.24, 2.45) is 5.73 Å². The van der Waals surface area contributed by atoms with E-state index in [9.17, 15) is 13.2 Å². The van der Waals surface area contributed by atoms with Crippen molar-refractivity contribution in [3.63, 3.8) is 0 Å². The number of benzene rings is 1. The Kier molecular flexibility index (Phi) is 7.41. The molecule has 0 aromatic heterocycles. The zero-order valence-electron chi connectivity index (χ0n) is 13.5. The maximum Gasteiger partial charge on any atom is 0.251 e. The van der Waals surface area contributed by atoms with Crippen LogP contribution in [0.15, 0.2) is 41.8 Å². The standard InChI is InChI=1S/C16H23N3O3S.ClH/c1-2-11-18-23(21,22)14-7-5-13(6-8-14)15(20)19-16(12-17)9-3-4-10-16;/h2,5-8,18H,1,3-4,9-12,17H2,(H,19,20);1H. The van der Waals surface area contributed by atoms with Crippen molar-refractivity contribution in [2.45, 2.75) is 36.1 Å². The normalized spacial score (nSPS) is 16.2.